The average molecular weight is 844 g/mol. The summed E-state index contributed by atoms with van der Waals surface area (Å²) in [6.07, 6.45) is 0.745. The van der Waals surface area contributed by atoms with Crippen molar-refractivity contribution in [2.75, 3.05) is 25.6 Å². The lowest BCUT2D eigenvalue weighted by molar-refractivity contribution is 0.296. The second kappa shape index (κ2) is 19.0. The van der Waals surface area contributed by atoms with Crippen LogP contribution in [0.1, 0.15) is 48.1 Å². The van der Waals surface area contributed by atoms with Gasteiger partial charge in [-0.1, -0.05) is 164 Å². The highest BCUT2D eigenvalue weighted by Gasteiger charge is 2.42. The van der Waals surface area contributed by atoms with E-state index in [2.05, 4.69) is 58.1 Å². The van der Waals surface area contributed by atoms with Gasteiger partial charge in [-0.3, -0.25) is 4.79 Å². The third-order valence-corrected chi connectivity index (χ3v) is 11.0. The topological polar surface area (TPSA) is 118 Å². The zero-order valence-electron chi connectivity index (χ0n) is 34.7. The summed E-state index contributed by atoms with van der Waals surface area (Å²) in [4.78, 5) is 13.8. The van der Waals surface area contributed by atoms with E-state index in [1.165, 1.54) is 4.68 Å². The molecule has 0 radical (unpaired) electrons. The van der Waals surface area contributed by atoms with Crippen LogP contribution in [-0.4, -0.2) is 50.3 Å². The lowest BCUT2D eigenvalue weighted by Gasteiger charge is -2.36. The van der Waals surface area contributed by atoms with Crippen LogP contribution in [0.5, 0.6) is 17.4 Å². The Balaban J connectivity index is 1.12. The molecule has 0 saturated heterocycles. The van der Waals surface area contributed by atoms with Crippen molar-refractivity contribution in [3.05, 3.63) is 201 Å². The smallest absolute Gasteiger partial charge is 0.288 e. The van der Waals surface area contributed by atoms with Crippen LogP contribution in [0.15, 0.2) is 163 Å². The van der Waals surface area contributed by atoms with Gasteiger partial charge in [-0.25, -0.2) is 9.36 Å². The summed E-state index contributed by atoms with van der Waals surface area (Å²) >= 11 is 6.80. The molecule has 0 aliphatic rings. The van der Waals surface area contributed by atoms with Crippen molar-refractivity contribution in [1.82, 2.24) is 30.0 Å². The standard InChI is InChI=1S/C50H46ClN7O4/c1-4-31-62-48-46(52-33-36-27-30-43(60-3)44(32-36)61-5-2)45(51)49(59)57(54-48)34-35-25-28-37(29-26-35)41-23-15-16-24-42(41)47-53-55-56-58(47)50(38-17-9-6-10-18-38,39-19-11-7-12-20-39)40-21-13-8-14-22-40/h6-30,32,52H,4-5,31,33-34H2,1-3H3. The molecule has 8 rings (SSSR count). The molecular formula is C50H46ClN7O4. The molecule has 11 nitrogen and oxygen atoms in total. The van der Waals surface area contributed by atoms with Crippen LogP contribution in [0.25, 0.3) is 22.5 Å². The van der Waals surface area contributed by atoms with Crippen molar-refractivity contribution in [1.29, 1.82) is 0 Å². The SMILES string of the molecule is CCCOc1nn(Cc2ccc(-c3ccccc3-c3nnnn3C(c3ccccc3)(c3ccccc3)c3ccccc3)cc2)c(=O)c(Cl)c1NCc1ccc(OC)c(OCC)c1. The van der Waals surface area contributed by atoms with Crippen molar-refractivity contribution < 1.29 is 14.2 Å². The van der Waals surface area contributed by atoms with Gasteiger partial charge in [-0.05, 0) is 74.8 Å². The number of methoxy groups -OCH3 is 1. The Kier molecular flexibility index (Phi) is 12.7. The lowest BCUT2D eigenvalue weighted by atomic mass is 9.77. The maximum Gasteiger partial charge on any atom is 0.288 e. The highest BCUT2D eigenvalue weighted by Crippen LogP contribution is 2.43. The molecule has 2 aromatic heterocycles. The zero-order chi connectivity index (χ0) is 42.9. The minimum atomic E-state index is -0.908. The third-order valence-electron chi connectivity index (χ3n) is 10.6. The first-order valence-corrected chi connectivity index (χ1v) is 20.9. The lowest BCUT2D eigenvalue weighted by Crippen LogP contribution is -2.39. The average Bonchev–Trinajstić information content (AvgIpc) is 3.81. The number of aromatic nitrogens is 6. The van der Waals surface area contributed by atoms with E-state index < -0.39 is 11.1 Å². The van der Waals surface area contributed by atoms with Gasteiger partial charge < -0.3 is 19.5 Å². The first kappa shape index (κ1) is 41.5. The second-order valence-corrected chi connectivity index (χ2v) is 14.9. The highest BCUT2D eigenvalue weighted by molar-refractivity contribution is 6.33. The number of ether oxygens (including phenoxy) is 3. The van der Waals surface area contributed by atoms with E-state index in [0.717, 1.165) is 50.9 Å². The number of hydrogen-bond acceptors (Lipinski definition) is 9. The number of nitrogens with zero attached hydrogens (tertiary/aromatic N) is 6. The van der Waals surface area contributed by atoms with Gasteiger partial charge >= 0.3 is 0 Å². The number of anilines is 1. The molecule has 2 heterocycles. The molecule has 312 valence electrons. The Morgan fingerprint density at radius 2 is 1.29 bits per heavy atom. The van der Waals surface area contributed by atoms with E-state index in [1.807, 2.05) is 134 Å². The fraction of sp³-hybridized carbons (Fsp3) is 0.180. The van der Waals surface area contributed by atoms with Gasteiger partial charge in [-0.15, -0.1) is 10.2 Å². The molecule has 0 aliphatic heterocycles. The molecule has 0 unspecified atom stereocenters. The van der Waals surface area contributed by atoms with Gasteiger partial charge in [0.25, 0.3) is 11.4 Å². The van der Waals surface area contributed by atoms with Gasteiger partial charge in [-0.2, -0.15) is 0 Å². The number of rotatable bonds is 17. The maximum absolute atomic E-state index is 13.8. The van der Waals surface area contributed by atoms with Gasteiger partial charge in [0.05, 0.1) is 26.9 Å². The van der Waals surface area contributed by atoms with Crippen molar-refractivity contribution in [2.24, 2.45) is 0 Å². The summed E-state index contributed by atoms with van der Waals surface area (Å²) in [5.41, 5.74) is 6.50. The van der Waals surface area contributed by atoms with Crippen molar-refractivity contribution in [2.45, 2.75) is 38.9 Å². The monoisotopic (exact) mass is 843 g/mol. The normalized spacial score (nSPS) is 11.3. The number of nitrogens with one attached hydrogen (secondary N) is 1. The predicted molar refractivity (Wildman–Crippen MR) is 243 cm³/mol. The van der Waals surface area contributed by atoms with Crippen molar-refractivity contribution in [3.63, 3.8) is 0 Å². The molecule has 8 aromatic rings. The Hall–Kier alpha value is -7.24. The van der Waals surface area contributed by atoms with Crippen LogP contribution in [0, 0.1) is 0 Å². The Morgan fingerprint density at radius 1 is 0.694 bits per heavy atom. The number of benzene rings is 6. The minimum absolute atomic E-state index is 0.00880. The molecule has 0 amide bonds. The maximum atomic E-state index is 13.8. The summed E-state index contributed by atoms with van der Waals surface area (Å²) in [7, 11) is 1.60. The molecule has 0 bridgehead atoms. The largest absolute Gasteiger partial charge is 0.493 e. The number of hydrogen-bond donors (Lipinski definition) is 1. The zero-order valence-corrected chi connectivity index (χ0v) is 35.5. The van der Waals surface area contributed by atoms with E-state index in [-0.39, 0.29) is 17.4 Å². The minimum Gasteiger partial charge on any atom is -0.493 e. The molecule has 62 heavy (non-hydrogen) atoms. The summed E-state index contributed by atoms with van der Waals surface area (Å²) < 4.78 is 20.5. The Bertz CT molecular complexity index is 2700. The van der Waals surface area contributed by atoms with Gasteiger partial charge in [0.1, 0.15) is 16.2 Å². The fourth-order valence-electron chi connectivity index (χ4n) is 7.75. The van der Waals surface area contributed by atoms with Crippen LogP contribution in [-0.2, 0) is 18.6 Å². The summed E-state index contributed by atoms with van der Waals surface area (Å²) in [5.74, 6) is 2.11. The Morgan fingerprint density at radius 3 is 1.89 bits per heavy atom. The highest BCUT2D eigenvalue weighted by atomic mass is 35.5. The number of halogens is 1. The molecular weight excluding hydrogens is 798 g/mol. The fourth-order valence-corrected chi connectivity index (χ4v) is 7.99. The molecule has 1 N–H and O–H groups in total. The summed E-state index contributed by atoms with van der Waals surface area (Å²) in [5, 5.41) is 21.7. The van der Waals surface area contributed by atoms with Crippen LogP contribution >= 0.6 is 11.6 Å². The first-order valence-electron chi connectivity index (χ1n) is 20.6. The molecule has 0 saturated carbocycles. The van der Waals surface area contributed by atoms with E-state index in [9.17, 15) is 4.79 Å². The molecule has 6 aromatic carbocycles. The van der Waals surface area contributed by atoms with Gasteiger partial charge in [0.2, 0.25) is 0 Å². The molecule has 0 spiro atoms. The molecule has 0 fully saturated rings. The first-order chi connectivity index (χ1) is 30.5. The van der Waals surface area contributed by atoms with Crippen molar-refractivity contribution in [3.8, 4) is 39.9 Å². The van der Waals surface area contributed by atoms with Crippen LogP contribution in [0.3, 0.4) is 0 Å². The van der Waals surface area contributed by atoms with Crippen LogP contribution < -0.4 is 25.1 Å². The molecule has 12 heteroatoms. The predicted octanol–water partition coefficient (Wildman–Crippen LogP) is 9.91. The van der Waals surface area contributed by atoms with E-state index >= 15 is 0 Å². The van der Waals surface area contributed by atoms with Gasteiger partial charge in [0.15, 0.2) is 17.3 Å². The van der Waals surface area contributed by atoms with Crippen LogP contribution in [0.2, 0.25) is 5.02 Å². The Labute approximate surface area is 365 Å². The number of tetrazole rings is 1. The summed E-state index contributed by atoms with van der Waals surface area (Å²) in [6.45, 7) is 5.33. The third kappa shape index (κ3) is 8.27. The van der Waals surface area contributed by atoms with Gasteiger partial charge in [0, 0.05) is 12.1 Å². The van der Waals surface area contributed by atoms with Crippen molar-refractivity contribution >= 4 is 17.3 Å². The van der Waals surface area contributed by atoms with E-state index in [0.29, 0.717) is 42.8 Å². The molecule has 0 aliphatic carbocycles. The summed E-state index contributed by atoms with van der Waals surface area (Å²) in [6, 6.07) is 52.8. The van der Waals surface area contributed by atoms with Crippen LogP contribution in [0.4, 0.5) is 5.69 Å². The quantitative estimate of drug-likeness (QED) is 0.0894. The second-order valence-electron chi connectivity index (χ2n) is 14.5. The van der Waals surface area contributed by atoms with E-state index in [4.69, 9.17) is 36.1 Å². The molecule has 0 atom stereocenters. The van der Waals surface area contributed by atoms with E-state index in [1.54, 1.807) is 7.11 Å².